The van der Waals surface area contributed by atoms with Crippen molar-refractivity contribution in [2.75, 3.05) is 7.11 Å². The van der Waals surface area contributed by atoms with E-state index in [0.29, 0.717) is 23.1 Å². The molecule has 0 aliphatic heterocycles. The van der Waals surface area contributed by atoms with Crippen LogP contribution < -0.4 is 10.5 Å². The Hall–Kier alpha value is -1.09. The summed E-state index contributed by atoms with van der Waals surface area (Å²) in [7, 11) is 1.55. The summed E-state index contributed by atoms with van der Waals surface area (Å²) in [5.74, 6) is 1.58. The molecule has 2 nitrogen and oxygen atoms in total. The van der Waals surface area contributed by atoms with E-state index in [4.69, 9.17) is 10.5 Å². The lowest BCUT2D eigenvalue weighted by Crippen LogP contribution is -2.42. The van der Waals surface area contributed by atoms with Crippen LogP contribution in [0.4, 0.5) is 4.39 Å². The van der Waals surface area contributed by atoms with Gasteiger partial charge in [0.1, 0.15) is 11.6 Å². The van der Waals surface area contributed by atoms with Gasteiger partial charge in [0, 0.05) is 17.2 Å². The van der Waals surface area contributed by atoms with E-state index in [1.807, 2.05) is 0 Å². The predicted molar refractivity (Wildman–Crippen MR) is 80.2 cm³/mol. The third-order valence-corrected chi connectivity index (χ3v) is 4.41. The molecule has 1 fully saturated rings. The van der Waals surface area contributed by atoms with Crippen molar-refractivity contribution in [3.63, 3.8) is 0 Å². The summed E-state index contributed by atoms with van der Waals surface area (Å²) < 4.78 is 19.4. The van der Waals surface area contributed by atoms with Crippen LogP contribution in [0.5, 0.6) is 5.75 Å². The molecular weight excluding hydrogens is 253 g/mol. The van der Waals surface area contributed by atoms with Gasteiger partial charge < -0.3 is 10.5 Å². The Kier molecular flexibility index (Phi) is 4.69. The van der Waals surface area contributed by atoms with Crippen molar-refractivity contribution in [3.8, 4) is 5.75 Å². The zero-order chi connectivity index (χ0) is 14.8. The van der Waals surface area contributed by atoms with Gasteiger partial charge in [-0.3, -0.25) is 0 Å². The molecule has 3 heteroatoms. The average Bonchev–Trinajstić information content (AvgIpc) is 2.37. The van der Waals surface area contributed by atoms with Gasteiger partial charge in [0.15, 0.2) is 0 Å². The standard InChI is InChI=1S/C17H26FNO/c1-12(2)9-13-5-4-8-17(19,11-13)15-7-6-14(20-3)10-16(15)18/h6-7,10,12-13H,4-5,8-9,11,19H2,1-3H3. The first kappa shape index (κ1) is 15.3. The Labute approximate surface area is 121 Å². The lowest BCUT2D eigenvalue weighted by atomic mass is 9.70. The molecule has 2 rings (SSSR count). The quantitative estimate of drug-likeness (QED) is 0.895. The van der Waals surface area contributed by atoms with Crippen molar-refractivity contribution in [3.05, 3.63) is 29.6 Å². The Morgan fingerprint density at radius 3 is 2.80 bits per heavy atom. The fourth-order valence-corrected chi connectivity index (χ4v) is 3.56. The summed E-state index contributed by atoms with van der Waals surface area (Å²) in [6.07, 6.45) is 5.23. The van der Waals surface area contributed by atoms with Crippen LogP contribution in [0, 0.1) is 17.7 Å². The predicted octanol–water partition coefficient (Wildman–Crippen LogP) is 4.22. The minimum atomic E-state index is -0.520. The molecule has 112 valence electrons. The highest BCUT2D eigenvalue weighted by Crippen LogP contribution is 2.41. The molecule has 0 bridgehead atoms. The van der Waals surface area contributed by atoms with Gasteiger partial charge in [0.2, 0.25) is 0 Å². The molecule has 2 atom stereocenters. The van der Waals surface area contributed by atoms with Crippen LogP contribution in [0.2, 0.25) is 0 Å². The molecule has 1 aromatic rings. The molecular formula is C17H26FNO. The molecule has 1 aromatic carbocycles. The van der Waals surface area contributed by atoms with E-state index in [1.54, 1.807) is 19.2 Å². The van der Waals surface area contributed by atoms with E-state index in [2.05, 4.69) is 13.8 Å². The molecule has 0 amide bonds. The van der Waals surface area contributed by atoms with E-state index in [1.165, 1.54) is 18.9 Å². The highest BCUT2D eigenvalue weighted by molar-refractivity contribution is 5.33. The summed E-state index contributed by atoms with van der Waals surface area (Å²) >= 11 is 0. The van der Waals surface area contributed by atoms with Gasteiger partial charge in [-0.25, -0.2) is 4.39 Å². The van der Waals surface area contributed by atoms with Crippen molar-refractivity contribution in [2.45, 2.75) is 51.5 Å². The fourth-order valence-electron chi connectivity index (χ4n) is 3.56. The lowest BCUT2D eigenvalue weighted by Gasteiger charge is -2.39. The van der Waals surface area contributed by atoms with Crippen LogP contribution in [-0.4, -0.2) is 7.11 Å². The second-order valence-electron chi connectivity index (χ2n) is 6.59. The second-order valence-corrected chi connectivity index (χ2v) is 6.59. The van der Waals surface area contributed by atoms with Crippen molar-refractivity contribution in [2.24, 2.45) is 17.6 Å². The Morgan fingerprint density at radius 2 is 2.20 bits per heavy atom. The largest absolute Gasteiger partial charge is 0.497 e. The van der Waals surface area contributed by atoms with Crippen molar-refractivity contribution >= 4 is 0 Å². The van der Waals surface area contributed by atoms with Crippen LogP contribution in [0.1, 0.15) is 51.5 Å². The molecule has 0 spiro atoms. The molecule has 20 heavy (non-hydrogen) atoms. The topological polar surface area (TPSA) is 35.2 Å². The molecule has 2 unspecified atom stereocenters. The maximum Gasteiger partial charge on any atom is 0.131 e. The van der Waals surface area contributed by atoms with Gasteiger partial charge in [0.05, 0.1) is 7.11 Å². The number of rotatable bonds is 4. The number of hydrogen-bond acceptors (Lipinski definition) is 2. The van der Waals surface area contributed by atoms with Crippen molar-refractivity contribution in [1.82, 2.24) is 0 Å². The minimum absolute atomic E-state index is 0.239. The van der Waals surface area contributed by atoms with Gasteiger partial charge in [-0.15, -0.1) is 0 Å². The lowest BCUT2D eigenvalue weighted by molar-refractivity contribution is 0.198. The molecule has 1 saturated carbocycles. The molecule has 0 aromatic heterocycles. The first-order chi connectivity index (χ1) is 9.44. The van der Waals surface area contributed by atoms with E-state index < -0.39 is 5.54 Å². The summed E-state index contributed by atoms with van der Waals surface area (Å²) in [4.78, 5) is 0. The highest BCUT2D eigenvalue weighted by Gasteiger charge is 2.36. The summed E-state index contributed by atoms with van der Waals surface area (Å²) in [6, 6.07) is 5.04. The SMILES string of the molecule is COc1ccc(C2(N)CCCC(CC(C)C)C2)c(F)c1. The first-order valence-electron chi connectivity index (χ1n) is 7.57. The minimum Gasteiger partial charge on any atom is -0.497 e. The Balaban J connectivity index is 2.21. The summed E-state index contributed by atoms with van der Waals surface area (Å²) in [5.41, 5.74) is 6.68. The van der Waals surface area contributed by atoms with Crippen LogP contribution in [0.15, 0.2) is 18.2 Å². The first-order valence-corrected chi connectivity index (χ1v) is 7.57. The zero-order valence-corrected chi connectivity index (χ0v) is 12.8. The van der Waals surface area contributed by atoms with Gasteiger partial charge in [0.25, 0.3) is 0 Å². The number of ether oxygens (including phenoxy) is 1. The van der Waals surface area contributed by atoms with Crippen LogP contribution in [0.3, 0.4) is 0 Å². The highest BCUT2D eigenvalue weighted by atomic mass is 19.1. The molecule has 0 heterocycles. The smallest absolute Gasteiger partial charge is 0.131 e. The number of halogens is 1. The van der Waals surface area contributed by atoms with Crippen molar-refractivity contribution < 1.29 is 9.13 Å². The van der Waals surface area contributed by atoms with E-state index in [0.717, 1.165) is 19.3 Å². The second kappa shape index (κ2) is 6.13. The van der Waals surface area contributed by atoms with Crippen LogP contribution >= 0.6 is 0 Å². The summed E-state index contributed by atoms with van der Waals surface area (Å²) in [6.45, 7) is 4.47. The van der Waals surface area contributed by atoms with E-state index in [-0.39, 0.29) is 5.82 Å². The molecule has 2 N–H and O–H groups in total. The number of hydrogen-bond donors (Lipinski definition) is 1. The fraction of sp³-hybridized carbons (Fsp3) is 0.647. The Bertz CT molecular complexity index is 460. The van der Waals surface area contributed by atoms with Gasteiger partial charge in [-0.2, -0.15) is 0 Å². The van der Waals surface area contributed by atoms with Crippen LogP contribution in [0.25, 0.3) is 0 Å². The van der Waals surface area contributed by atoms with Gasteiger partial charge in [-0.05, 0) is 37.2 Å². The van der Waals surface area contributed by atoms with Gasteiger partial charge in [-0.1, -0.05) is 32.8 Å². The Morgan fingerprint density at radius 1 is 1.45 bits per heavy atom. The van der Waals surface area contributed by atoms with E-state index in [9.17, 15) is 4.39 Å². The molecule has 0 radical (unpaired) electrons. The maximum absolute atomic E-state index is 14.3. The number of methoxy groups -OCH3 is 1. The normalized spacial score (nSPS) is 26.8. The third kappa shape index (κ3) is 3.32. The molecule has 1 aliphatic carbocycles. The number of nitrogens with two attached hydrogens (primary N) is 1. The summed E-state index contributed by atoms with van der Waals surface area (Å²) in [5, 5.41) is 0. The zero-order valence-electron chi connectivity index (χ0n) is 12.8. The maximum atomic E-state index is 14.3. The average molecular weight is 279 g/mol. The third-order valence-electron chi connectivity index (χ3n) is 4.41. The monoisotopic (exact) mass is 279 g/mol. The van der Waals surface area contributed by atoms with Crippen molar-refractivity contribution in [1.29, 1.82) is 0 Å². The van der Waals surface area contributed by atoms with Gasteiger partial charge >= 0.3 is 0 Å². The molecule has 0 saturated heterocycles. The van der Waals surface area contributed by atoms with Crippen LogP contribution in [-0.2, 0) is 5.54 Å². The number of benzene rings is 1. The molecule has 1 aliphatic rings. The van der Waals surface area contributed by atoms with E-state index >= 15 is 0 Å².